The Balaban J connectivity index is -0.0000000800. The minimum atomic E-state index is -5.12. The summed E-state index contributed by atoms with van der Waals surface area (Å²) in [6, 6.07) is 0. The molecule has 0 aliphatic rings. The van der Waals surface area contributed by atoms with Crippen molar-refractivity contribution >= 4 is 0 Å². The van der Waals surface area contributed by atoms with Gasteiger partial charge in [0.25, 0.3) is 0 Å². The molecule has 0 aliphatic carbocycles. The van der Waals surface area contributed by atoms with E-state index >= 15 is 0 Å². The fraction of sp³-hybridized carbons (Fsp3) is 0. The average Bonchev–Trinajstić information content (AvgIpc) is 0.722. The summed E-state index contributed by atoms with van der Waals surface area (Å²) < 4.78 is 31.8. The van der Waals surface area contributed by atoms with Crippen molar-refractivity contribution in [3.8, 4) is 0 Å². The molecule has 0 aromatic heterocycles. The molecule has 0 atom stereocenters. The summed E-state index contributed by atoms with van der Waals surface area (Å²) in [5.74, 6) is 0. The molecule has 0 saturated carbocycles. The van der Waals surface area contributed by atoms with Crippen molar-refractivity contribution in [1.82, 2.24) is 0 Å². The molecule has 0 spiro atoms. The normalized spacial score (nSPS) is 8.29. The first-order valence-corrected chi connectivity index (χ1v) is 2.67. The molecule has 0 heterocycles. The molecule has 0 aromatic carbocycles. The molecule has 0 unspecified atom stereocenters. The molecule has 7 heavy (non-hydrogen) atoms. The van der Waals surface area contributed by atoms with Crippen LogP contribution in [0.2, 0.25) is 0 Å². The molecule has 45 valence electrons. The first kappa shape index (κ1) is 15.9. The maximum atomic E-state index is 8.80. The third-order valence-electron chi connectivity index (χ3n) is 0. The second-order valence-corrected chi connectivity index (χ2v) is 1.71. The first-order valence-electron chi connectivity index (χ1n) is 0.647. The topological polar surface area (TPSA) is 74.6 Å². The van der Waals surface area contributed by atoms with Crippen LogP contribution in [0.1, 0.15) is 0 Å². The van der Waals surface area contributed by atoms with Gasteiger partial charge < -0.3 is 0 Å². The monoisotopic (exact) mass is 319 g/mol. The fourth-order valence-electron chi connectivity index (χ4n) is 0. The zero-order valence-corrected chi connectivity index (χ0v) is 8.85. The van der Waals surface area contributed by atoms with Gasteiger partial charge in [-0.2, -0.15) is 0 Å². The van der Waals surface area contributed by atoms with Gasteiger partial charge in [0.1, 0.15) is 0 Å². The van der Waals surface area contributed by atoms with Gasteiger partial charge in [-0.05, 0) is 0 Å². The fourth-order valence-corrected chi connectivity index (χ4v) is 0. The summed E-state index contributed by atoms with van der Waals surface area (Å²) >= 11 is -5.12. The zero-order valence-electron chi connectivity index (χ0n) is 3.00. The Kier molecular flexibility index (Phi) is 13.3. The predicted molar refractivity (Wildman–Crippen MR) is 5.81 cm³/mol. The summed E-state index contributed by atoms with van der Waals surface area (Å²) in [6.45, 7) is 0. The standard InChI is InChI=1S/Co.La.Mn.2H2O.2O/h;;;2*1H2;;/q;;+2;;;;/p-2. The first-order chi connectivity index (χ1) is 2.00. The van der Waals surface area contributed by atoms with E-state index in [4.69, 9.17) is 16.0 Å². The van der Waals surface area contributed by atoms with Crippen molar-refractivity contribution in [3.05, 3.63) is 0 Å². The van der Waals surface area contributed by atoms with Crippen LogP contribution in [0, 0.1) is 35.6 Å². The second kappa shape index (κ2) is 5.87. The Hall–Kier alpha value is 1.74. The quantitative estimate of drug-likeness (QED) is 0.541. The Labute approximate surface area is 80.8 Å². The second-order valence-electron chi connectivity index (χ2n) is 0.415. The predicted octanol–water partition coefficient (Wildman–Crippen LogP) is -1.36. The van der Waals surface area contributed by atoms with Crippen molar-refractivity contribution in [2.45, 2.75) is 0 Å². The van der Waals surface area contributed by atoms with Crippen molar-refractivity contribution in [2.24, 2.45) is 0 Å². The van der Waals surface area contributed by atoms with E-state index in [1.807, 2.05) is 0 Å². The van der Waals surface area contributed by atoms with E-state index < -0.39 is 13.4 Å². The van der Waals surface area contributed by atoms with Gasteiger partial charge >= 0.3 is 29.4 Å². The summed E-state index contributed by atoms with van der Waals surface area (Å²) in [4.78, 5) is 0. The number of hydrogen-bond donors (Lipinski definition) is 2. The van der Waals surface area contributed by atoms with Gasteiger partial charge in [-0.3, -0.25) is 0 Å². The zero-order chi connectivity index (χ0) is 4.50. The van der Waals surface area contributed by atoms with Gasteiger partial charge in [0.05, 0.1) is 0 Å². The Bertz CT molecular complexity index is 94.9. The van der Waals surface area contributed by atoms with E-state index in [9.17, 15) is 0 Å². The molecule has 0 amide bonds. The minimum absolute atomic E-state index is 0. The third kappa shape index (κ3) is 84.2. The van der Waals surface area contributed by atoms with Crippen molar-refractivity contribution < 1.29 is 81.8 Å². The summed E-state index contributed by atoms with van der Waals surface area (Å²) in [7, 11) is 0. The molecule has 2 N–H and O–H groups in total. The van der Waals surface area contributed by atoms with E-state index in [-0.39, 0.29) is 52.4 Å². The van der Waals surface area contributed by atoms with Crippen LogP contribution in [0.25, 0.3) is 0 Å². The van der Waals surface area contributed by atoms with Crippen LogP contribution in [0.15, 0.2) is 0 Å². The van der Waals surface area contributed by atoms with Gasteiger partial charge in [0.15, 0.2) is 0 Å². The third-order valence-corrected chi connectivity index (χ3v) is 0. The van der Waals surface area contributed by atoms with Crippen LogP contribution >= 0.6 is 0 Å². The Morgan fingerprint density at radius 2 is 1.14 bits per heavy atom. The van der Waals surface area contributed by atoms with E-state index in [0.29, 0.717) is 0 Å². The van der Waals surface area contributed by atoms with E-state index in [0.717, 1.165) is 0 Å². The van der Waals surface area contributed by atoms with Gasteiger partial charge in [-0.15, -0.1) is 0 Å². The van der Waals surface area contributed by atoms with E-state index in [1.54, 1.807) is 0 Å². The molecule has 0 saturated heterocycles. The van der Waals surface area contributed by atoms with Crippen LogP contribution in [0.4, 0.5) is 0 Å². The SMILES string of the molecule is [Co].[La].[O]=[Mn](=[O])([OH])[OH]. The van der Waals surface area contributed by atoms with Gasteiger partial charge in [-0.1, -0.05) is 0 Å². The van der Waals surface area contributed by atoms with Crippen LogP contribution in [-0.4, -0.2) is 8.38 Å². The molecular weight excluding hydrogens is 317 g/mol. The van der Waals surface area contributed by atoms with Crippen LogP contribution in [0.3, 0.4) is 0 Å². The van der Waals surface area contributed by atoms with Crippen LogP contribution in [-0.2, 0) is 37.8 Å². The van der Waals surface area contributed by atoms with Crippen LogP contribution in [0.5, 0.6) is 0 Å². The average molecular weight is 319 g/mol. The Morgan fingerprint density at radius 1 is 1.14 bits per heavy atom. The molecule has 0 rings (SSSR count). The summed E-state index contributed by atoms with van der Waals surface area (Å²) in [5.41, 5.74) is 0. The molecule has 4 nitrogen and oxygen atoms in total. The maximum absolute atomic E-state index is 8.80. The molecule has 2 radical (unpaired) electrons. The van der Waals surface area contributed by atoms with Crippen LogP contribution < -0.4 is 0 Å². The molecule has 0 aromatic rings. The van der Waals surface area contributed by atoms with Gasteiger partial charge in [0.2, 0.25) is 0 Å². The van der Waals surface area contributed by atoms with E-state index in [2.05, 4.69) is 0 Å². The van der Waals surface area contributed by atoms with Crippen molar-refractivity contribution in [2.75, 3.05) is 0 Å². The molecular formula is H2CoLaMnO4. The Morgan fingerprint density at radius 3 is 1.14 bits per heavy atom. The summed E-state index contributed by atoms with van der Waals surface area (Å²) in [5, 5.41) is 0. The number of rotatable bonds is 0. The molecule has 0 aliphatic heterocycles. The molecule has 0 fully saturated rings. The van der Waals surface area contributed by atoms with Gasteiger partial charge in [0, 0.05) is 52.4 Å². The van der Waals surface area contributed by atoms with Crippen molar-refractivity contribution in [3.63, 3.8) is 0 Å². The molecule has 0 bridgehead atoms. The van der Waals surface area contributed by atoms with E-state index in [1.165, 1.54) is 0 Å². The summed E-state index contributed by atoms with van der Waals surface area (Å²) in [6.07, 6.45) is 0. The molecule has 7 heteroatoms. The van der Waals surface area contributed by atoms with Gasteiger partial charge in [-0.25, -0.2) is 0 Å². The number of hydrogen-bond acceptors (Lipinski definition) is 2. The van der Waals surface area contributed by atoms with Crippen molar-refractivity contribution in [1.29, 1.82) is 0 Å².